The first-order chi connectivity index (χ1) is 5.65. The molecule has 68 valence electrons. The molecule has 3 heteroatoms. The molecule has 3 nitrogen and oxygen atoms in total. The maximum atomic E-state index is 8.65. The molecule has 0 aliphatic rings. The van der Waals surface area contributed by atoms with Crippen LogP contribution < -0.4 is 5.73 Å². The van der Waals surface area contributed by atoms with E-state index in [2.05, 4.69) is 0 Å². The van der Waals surface area contributed by atoms with Gasteiger partial charge in [0, 0.05) is 6.61 Å². The molecule has 0 saturated heterocycles. The summed E-state index contributed by atoms with van der Waals surface area (Å²) in [6.45, 7) is 3.98. The van der Waals surface area contributed by atoms with Crippen molar-refractivity contribution in [3.05, 3.63) is 23.2 Å². The lowest BCUT2D eigenvalue weighted by atomic mass is 10.1. The molecule has 3 N–H and O–H groups in total. The van der Waals surface area contributed by atoms with Crippen LogP contribution in [0, 0.1) is 13.8 Å². The molecular formula is C9H15NO2. The van der Waals surface area contributed by atoms with E-state index in [-0.39, 0.29) is 12.6 Å². The number of rotatable bonds is 3. The SMILES string of the molecule is Cc1cc([C@H](N)CCO)oc1C. The van der Waals surface area contributed by atoms with Crippen LogP contribution in [0.5, 0.6) is 0 Å². The first-order valence-corrected chi connectivity index (χ1v) is 4.08. The minimum absolute atomic E-state index is 0.0972. The van der Waals surface area contributed by atoms with Crippen molar-refractivity contribution in [2.24, 2.45) is 5.73 Å². The zero-order valence-electron chi connectivity index (χ0n) is 7.50. The van der Waals surface area contributed by atoms with Gasteiger partial charge in [0.2, 0.25) is 0 Å². The highest BCUT2D eigenvalue weighted by Gasteiger charge is 2.10. The van der Waals surface area contributed by atoms with Crippen LogP contribution >= 0.6 is 0 Å². The summed E-state index contributed by atoms with van der Waals surface area (Å²) in [5.41, 5.74) is 6.84. The Balaban J connectivity index is 2.74. The summed E-state index contributed by atoms with van der Waals surface area (Å²) in [7, 11) is 0. The molecule has 1 heterocycles. The van der Waals surface area contributed by atoms with Crippen LogP contribution in [0.2, 0.25) is 0 Å². The summed E-state index contributed by atoms with van der Waals surface area (Å²) in [6.07, 6.45) is 0.548. The van der Waals surface area contributed by atoms with Gasteiger partial charge >= 0.3 is 0 Å². The molecule has 0 fully saturated rings. The second kappa shape index (κ2) is 3.74. The van der Waals surface area contributed by atoms with E-state index in [9.17, 15) is 0 Å². The number of aliphatic hydroxyl groups is 1. The van der Waals surface area contributed by atoms with Crippen molar-refractivity contribution in [3.8, 4) is 0 Å². The van der Waals surface area contributed by atoms with E-state index in [1.807, 2.05) is 19.9 Å². The first kappa shape index (κ1) is 9.29. The summed E-state index contributed by atoms with van der Waals surface area (Å²) < 4.78 is 5.39. The van der Waals surface area contributed by atoms with Gasteiger partial charge in [0.1, 0.15) is 11.5 Å². The van der Waals surface area contributed by atoms with Gasteiger partial charge in [-0.05, 0) is 31.9 Å². The average molecular weight is 169 g/mol. The Kier molecular flexibility index (Phi) is 2.89. The van der Waals surface area contributed by atoms with Crippen LogP contribution in [0.4, 0.5) is 0 Å². The van der Waals surface area contributed by atoms with Crippen LogP contribution in [0.15, 0.2) is 10.5 Å². The second-order valence-electron chi connectivity index (χ2n) is 3.01. The Hall–Kier alpha value is -0.800. The van der Waals surface area contributed by atoms with Gasteiger partial charge in [0.25, 0.3) is 0 Å². The monoisotopic (exact) mass is 169 g/mol. The third kappa shape index (κ3) is 1.87. The zero-order valence-corrected chi connectivity index (χ0v) is 7.50. The number of aryl methyl sites for hydroxylation is 2. The second-order valence-corrected chi connectivity index (χ2v) is 3.01. The molecule has 0 bridgehead atoms. The number of furan rings is 1. The molecule has 1 rings (SSSR count). The van der Waals surface area contributed by atoms with E-state index in [1.165, 1.54) is 0 Å². The van der Waals surface area contributed by atoms with Gasteiger partial charge in [-0.1, -0.05) is 0 Å². The van der Waals surface area contributed by atoms with Gasteiger partial charge in [0.05, 0.1) is 6.04 Å². The average Bonchev–Trinajstić information content (AvgIpc) is 2.33. The quantitative estimate of drug-likeness (QED) is 0.716. The van der Waals surface area contributed by atoms with E-state index in [1.54, 1.807) is 0 Å². The van der Waals surface area contributed by atoms with Crippen molar-refractivity contribution < 1.29 is 9.52 Å². The molecule has 12 heavy (non-hydrogen) atoms. The van der Waals surface area contributed by atoms with Gasteiger partial charge in [-0.2, -0.15) is 0 Å². The fraction of sp³-hybridized carbons (Fsp3) is 0.556. The molecule has 0 aliphatic carbocycles. The van der Waals surface area contributed by atoms with E-state index < -0.39 is 0 Å². The molecule has 0 spiro atoms. The number of hydrogen-bond acceptors (Lipinski definition) is 3. The molecule has 0 amide bonds. The van der Waals surface area contributed by atoms with Crippen LogP contribution in [0.3, 0.4) is 0 Å². The van der Waals surface area contributed by atoms with Crippen molar-refractivity contribution >= 4 is 0 Å². The maximum absolute atomic E-state index is 8.65. The van der Waals surface area contributed by atoms with Crippen LogP contribution in [0.1, 0.15) is 29.5 Å². The highest BCUT2D eigenvalue weighted by atomic mass is 16.3. The minimum atomic E-state index is -0.178. The van der Waals surface area contributed by atoms with E-state index >= 15 is 0 Å². The third-order valence-corrected chi connectivity index (χ3v) is 1.99. The molecule has 0 aromatic carbocycles. The van der Waals surface area contributed by atoms with Gasteiger partial charge in [-0.15, -0.1) is 0 Å². The molecule has 1 aromatic rings. The topological polar surface area (TPSA) is 59.4 Å². The summed E-state index contributed by atoms with van der Waals surface area (Å²) >= 11 is 0. The predicted molar refractivity (Wildman–Crippen MR) is 46.8 cm³/mol. The van der Waals surface area contributed by atoms with Gasteiger partial charge < -0.3 is 15.3 Å². The molecule has 0 aliphatic heterocycles. The smallest absolute Gasteiger partial charge is 0.121 e. The van der Waals surface area contributed by atoms with Gasteiger partial charge in [-0.3, -0.25) is 0 Å². The molecule has 0 saturated carbocycles. The van der Waals surface area contributed by atoms with Crippen LogP contribution in [-0.4, -0.2) is 11.7 Å². The highest BCUT2D eigenvalue weighted by Crippen LogP contribution is 2.20. The minimum Gasteiger partial charge on any atom is -0.464 e. The molecule has 1 aromatic heterocycles. The standard InChI is InChI=1S/C9H15NO2/c1-6-5-9(12-7(6)2)8(10)3-4-11/h5,8,11H,3-4,10H2,1-2H3/t8-/m1/s1. The van der Waals surface area contributed by atoms with Crippen molar-refractivity contribution in [1.29, 1.82) is 0 Å². The highest BCUT2D eigenvalue weighted by molar-refractivity contribution is 5.20. The molecule has 0 radical (unpaired) electrons. The van der Waals surface area contributed by atoms with Crippen LogP contribution in [-0.2, 0) is 0 Å². The number of hydrogen-bond donors (Lipinski definition) is 2. The normalized spacial score (nSPS) is 13.3. The van der Waals surface area contributed by atoms with Crippen molar-refractivity contribution in [1.82, 2.24) is 0 Å². The maximum Gasteiger partial charge on any atom is 0.121 e. The Morgan fingerprint density at radius 1 is 1.58 bits per heavy atom. The number of nitrogens with two attached hydrogens (primary N) is 1. The summed E-state index contributed by atoms with van der Waals surface area (Å²) in [6, 6.07) is 1.75. The lowest BCUT2D eigenvalue weighted by Gasteiger charge is -2.04. The Morgan fingerprint density at radius 3 is 2.67 bits per heavy atom. The summed E-state index contributed by atoms with van der Waals surface area (Å²) in [5.74, 6) is 1.66. The molecule has 1 atom stereocenters. The van der Waals surface area contributed by atoms with E-state index in [0.717, 1.165) is 17.1 Å². The van der Waals surface area contributed by atoms with E-state index in [4.69, 9.17) is 15.3 Å². The Bertz CT molecular complexity index is 236. The number of aliphatic hydroxyl groups excluding tert-OH is 1. The summed E-state index contributed by atoms with van der Waals surface area (Å²) in [5, 5.41) is 8.65. The first-order valence-electron chi connectivity index (χ1n) is 4.08. The lowest BCUT2D eigenvalue weighted by Crippen LogP contribution is -2.10. The van der Waals surface area contributed by atoms with Gasteiger partial charge in [-0.25, -0.2) is 0 Å². The fourth-order valence-electron chi connectivity index (χ4n) is 1.07. The predicted octanol–water partition coefficient (Wildman–Crippen LogP) is 1.28. The lowest BCUT2D eigenvalue weighted by molar-refractivity contribution is 0.268. The summed E-state index contributed by atoms with van der Waals surface area (Å²) in [4.78, 5) is 0. The zero-order chi connectivity index (χ0) is 9.14. The Labute approximate surface area is 72.2 Å². The molecular weight excluding hydrogens is 154 g/mol. The Morgan fingerprint density at radius 2 is 2.25 bits per heavy atom. The van der Waals surface area contributed by atoms with E-state index in [0.29, 0.717) is 6.42 Å². The fourth-order valence-corrected chi connectivity index (χ4v) is 1.07. The van der Waals surface area contributed by atoms with Crippen molar-refractivity contribution in [2.45, 2.75) is 26.3 Å². The van der Waals surface area contributed by atoms with Crippen LogP contribution in [0.25, 0.3) is 0 Å². The van der Waals surface area contributed by atoms with Crippen molar-refractivity contribution in [2.75, 3.05) is 6.61 Å². The molecule has 0 unspecified atom stereocenters. The van der Waals surface area contributed by atoms with Gasteiger partial charge in [0.15, 0.2) is 0 Å². The largest absolute Gasteiger partial charge is 0.464 e. The third-order valence-electron chi connectivity index (χ3n) is 1.99. The van der Waals surface area contributed by atoms with Crippen molar-refractivity contribution in [3.63, 3.8) is 0 Å².